The average Bonchev–Trinajstić information content (AvgIpc) is 2.84. The zero-order chi connectivity index (χ0) is 24.5. The first-order valence-corrected chi connectivity index (χ1v) is 13.5. The van der Waals surface area contributed by atoms with Crippen molar-refractivity contribution in [1.82, 2.24) is 10.2 Å². The van der Waals surface area contributed by atoms with E-state index in [9.17, 15) is 9.59 Å². The van der Waals surface area contributed by atoms with Crippen molar-refractivity contribution in [2.45, 2.75) is 63.4 Å². The number of halogens is 2. The summed E-state index contributed by atoms with van der Waals surface area (Å²) in [5.41, 5.74) is 1.87. The van der Waals surface area contributed by atoms with Gasteiger partial charge in [-0.1, -0.05) is 60.7 Å². The Hall–Kier alpha value is -1.89. The predicted octanol–water partition coefficient (Wildman–Crippen LogP) is 6.10. The van der Waals surface area contributed by atoms with E-state index < -0.39 is 6.04 Å². The Kier molecular flexibility index (Phi) is 10.4. The van der Waals surface area contributed by atoms with Crippen molar-refractivity contribution < 1.29 is 14.3 Å². The van der Waals surface area contributed by atoms with Gasteiger partial charge in [-0.2, -0.15) is 0 Å². The molecule has 1 aliphatic rings. The Morgan fingerprint density at radius 3 is 2.47 bits per heavy atom. The van der Waals surface area contributed by atoms with E-state index in [-0.39, 0.29) is 30.2 Å². The van der Waals surface area contributed by atoms with Gasteiger partial charge in [-0.05, 0) is 55.2 Å². The third kappa shape index (κ3) is 7.82. The molecule has 1 atom stereocenters. The first-order valence-electron chi connectivity index (χ1n) is 11.6. The highest BCUT2D eigenvalue weighted by molar-refractivity contribution is 7.99. The summed E-state index contributed by atoms with van der Waals surface area (Å²) in [6.07, 6.45) is 5.46. The second-order valence-corrected chi connectivity index (χ2v) is 10.4. The van der Waals surface area contributed by atoms with Gasteiger partial charge in [0.25, 0.3) is 0 Å². The number of carbonyl (C=O) groups excluding carboxylic acids is 2. The first kappa shape index (κ1) is 26.7. The van der Waals surface area contributed by atoms with E-state index in [4.69, 9.17) is 27.9 Å². The van der Waals surface area contributed by atoms with Crippen LogP contribution in [0.15, 0.2) is 42.5 Å². The summed E-state index contributed by atoms with van der Waals surface area (Å²) in [6.45, 7) is 2.03. The number of hydrogen-bond donors (Lipinski definition) is 1. The van der Waals surface area contributed by atoms with Crippen LogP contribution in [0.2, 0.25) is 10.0 Å². The van der Waals surface area contributed by atoms with Crippen LogP contribution in [0, 0.1) is 0 Å². The minimum atomic E-state index is -0.609. The van der Waals surface area contributed by atoms with Gasteiger partial charge in [0.2, 0.25) is 11.8 Å². The van der Waals surface area contributed by atoms with E-state index in [0.717, 1.165) is 42.6 Å². The van der Waals surface area contributed by atoms with Gasteiger partial charge >= 0.3 is 0 Å². The van der Waals surface area contributed by atoms with Crippen LogP contribution in [-0.2, 0) is 21.9 Å². The zero-order valence-electron chi connectivity index (χ0n) is 19.7. The Morgan fingerprint density at radius 1 is 1.12 bits per heavy atom. The molecular formula is C26H32Cl2N2O3S. The van der Waals surface area contributed by atoms with Crippen molar-refractivity contribution in [3.05, 3.63) is 63.6 Å². The summed E-state index contributed by atoms with van der Waals surface area (Å²) >= 11 is 14.0. The van der Waals surface area contributed by atoms with Gasteiger partial charge in [-0.15, -0.1) is 11.8 Å². The van der Waals surface area contributed by atoms with Crippen LogP contribution >= 0.6 is 35.0 Å². The molecule has 1 saturated carbocycles. The van der Waals surface area contributed by atoms with E-state index in [0.29, 0.717) is 15.8 Å². The van der Waals surface area contributed by atoms with Gasteiger partial charge in [0.15, 0.2) is 0 Å². The third-order valence-electron chi connectivity index (χ3n) is 6.13. The van der Waals surface area contributed by atoms with Crippen LogP contribution in [-0.4, -0.2) is 41.7 Å². The number of benzene rings is 2. The molecule has 5 nitrogen and oxygen atoms in total. The lowest BCUT2D eigenvalue weighted by Crippen LogP contribution is -2.50. The quantitative estimate of drug-likeness (QED) is 0.409. The maximum Gasteiger partial charge on any atom is 0.242 e. The van der Waals surface area contributed by atoms with Crippen molar-refractivity contribution in [3.63, 3.8) is 0 Å². The fraction of sp³-hybridized carbons (Fsp3) is 0.462. The second-order valence-electron chi connectivity index (χ2n) is 8.62. The zero-order valence-corrected chi connectivity index (χ0v) is 22.0. The van der Waals surface area contributed by atoms with Crippen LogP contribution in [0.5, 0.6) is 5.75 Å². The van der Waals surface area contributed by atoms with E-state index >= 15 is 0 Å². The number of nitrogens with one attached hydrogen (secondary N) is 1. The highest BCUT2D eigenvalue weighted by atomic mass is 35.5. The largest absolute Gasteiger partial charge is 0.497 e. The van der Waals surface area contributed by atoms with Crippen LogP contribution in [0.4, 0.5) is 0 Å². The van der Waals surface area contributed by atoms with Crippen LogP contribution < -0.4 is 10.1 Å². The monoisotopic (exact) mass is 522 g/mol. The van der Waals surface area contributed by atoms with Crippen molar-refractivity contribution in [1.29, 1.82) is 0 Å². The molecule has 1 N–H and O–H groups in total. The molecule has 2 aromatic carbocycles. The second kappa shape index (κ2) is 13.3. The van der Waals surface area contributed by atoms with Gasteiger partial charge in [0.1, 0.15) is 11.8 Å². The van der Waals surface area contributed by atoms with Crippen molar-refractivity contribution in [2.75, 3.05) is 12.9 Å². The maximum atomic E-state index is 13.3. The molecule has 0 spiro atoms. The smallest absolute Gasteiger partial charge is 0.242 e. The minimum absolute atomic E-state index is 0.101. The molecule has 2 amide bonds. The molecular weight excluding hydrogens is 491 g/mol. The number of carbonyl (C=O) groups is 2. The molecule has 3 rings (SSSR count). The summed E-state index contributed by atoms with van der Waals surface area (Å²) in [4.78, 5) is 28.0. The van der Waals surface area contributed by atoms with Crippen molar-refractivity contribution in [3.8, 4) is 5.75 Å². The number of hydrogen-bond acceptors (Lipinski definition) is 4. The molecule has 0 aliphatic heterocycles. The number of ether oxygens (including phenoxy) is 1. The number of amides is 2. The lowest BCUT2D eigenvalue weighted by molar-refractivity contribution is -0.139. The fourth-order valence-electron chi connectivity index (χ4n) is 4.05. The van der Waals surface area contributed by atoms with Gasteiger partial charge in [0, 0.05) is 28.4 Å². The molecule has 184 valence electrons. The minimum Gasteiger partial charge on any atom is -0.497 e. The lowest BCUT2D eigenvalue weighted by Gasteiger charge is -2.31. The van der Waals surface area contributed by atoms with E-state index in [1.807, 2.05) is 24.3 Å². The van der Waals surface area contributed by atoms with Crippen molar-refractivity contribution in [2.24, 2.45) is 0 Å². The molecule has 0 radical (unpaired) electrons. The van der Waals surface area contributed by atoms with Crippen molar-refractivity contribution >= 4 is 46.8 Å². The van der Waals surface area contributed by atoms with Gasteiger partial charge in [-0.3, -0.25) is 9.59 Å². The molecule has 34 heavy (non-hydrogen) atoms. The first-order chi connectivity index (χ1) is 16.4. The number of nitrogens with zero attached hydrogens (tertiary/aromatic N) is 1. The molecule has 1 fully saturated rings. The normalized spacial score (nSPS) is 14.9. The average molecular weight is 524 g/mol. The molecule has 0 aromatic heterocycles. The maximum absolute atomic E-state index is 13.3. The van der Waals surface area contributed by atoms with Crippen LogP contribution in [0.25, 0.3) is 0 Å². The Morgan fingerprint density at radius 2 is 1.82 bits per heavy atom. The van der Waals surface area contributed by atoms with Crippen LogP contribution in [0.3, 0.4) is 0 Å². The molecule has 0 heterocycles. The van der Waals surface area contributed by atoms with E-state index in [1.54, 1.807) is 37.1 Å². The number of methoxy groups -OCH3 is 1. The Bertz CT molecular complexity index is 965. The molecule has 1 aliphatic carbocycles. The van der Waals surface area contributed by atoms with Gasteiger partial charge in [-0.25, -0.2) is 0 Å². The summed E-state index contributed by atoms with van der Waals surface area (Å²) in [5, 5.41) is 4.17. The van der Waals surface area contributed by atoms with Gasteiger partial charge in [0.05, 0.1) is 12.9 Å². The molecule has 8 heteroatoms. The SMILES string of the molecule is COc1ccc(CSCC(=O)N(Cc2ccc(Cl)cc2Cl)[C@@H](C)C(=O)NC2CCCCC2)cc1. The highest BCUT2D eigenvalue weighted by Crippen LogP contribution is 2.25. The third-order valence-corrected chi connectivity index (χ3v) is 7.70. The highest BCUT2D eigenvalue weighted by Gasteiger charge is 2.28. The predicted molar refractivity (Wildman–Crippen MR) is 141 cm³/mol. The van der Waals surface area contributed by atoms with Gasteiger partial charge < -0.3 is 15.0 Å². The van der Waals surface area contributed by atoms with E-state index in [2.05, 4.69) is 5.32 Å². The number of thioether (sulfide) groups is 1. The summed E-state index contributed by atoms with van der Waals surface area (Å²) in [5.74, 6) is 1.53. The standard InChI is InChI=1S/C26H32Cl2N2O3S/c1-18(26(32)29-22-6-4-3-5-7-22)30(15-20-10-11-21(27)14-24(20)28)25(31)17-34-16-19-8-12-23(33-2)13-9-19/h8-14,18,22H,3-7,15-17H2,1-2H3,(H,29,32)/t18-/m0/s1. The summed E-state index contributed by atoms with van der Waals surface area (Å²) < 4.78 is 5.20. The Balaban J connectivity index is 1.67. The topological polar surface area (TPSA) is 58.6 Å². The summed E-state index contributed by atoms with van der Waals surface area (Å²) in [6, 6.07) is 12.6. The molecule has 0 bridgehead atoms. The van der Waals surface area contributed by atoms with Crippen LogP contribution in [0.1, 0.15) is 50.2 Å². The van der Waals surface area contributed by atoms with E-state index in [1.165, 1.54) is 18.2 Å². The summed E-state index contributed by atoms with van der Waals surface area (Å²) in [7, 11) is 1.63. The lowest BCUT2D eigenvalue weighted by atomic mass is 9.95. The fourth-order valence-corrected chi connectivity index (χ4v) is 5.38. The molecule has 0 saturated heterocycles. The molecule has 2 aromatic rings. The molecule has 0 unspecified atom stereocenters. The number of rotatable bonds is 10. The Labute approximate surface area is 216 Å².